The van der Waals surface area contributed by atoms with Crippen LogP contribution in [-0.2, 0) is 19.1 Å². The number of ether oxygens (including phenoxy) is 2. The van der Waals surface area contributed by atoms with Gasteiger partial charge >= 0.3 is 12.1 Å². The zero-order valence-corrected chi connectivity index (χ0v) is 20.5. The van der Waals surface area contributed by atoms with Crippen molar-refractivity contribution in [2.75, 3.05) is 19.8 Å². The number of hydrogen-bond donors (Lipinski definition) is 3. The number of amides is 2. The summed E-state index contributed by atoms with van der Waals surface area (Å²) in [5.74, 6) is -1.78. The third kappa shape index (κ3) is 6.93. The number of carbonyl (C=O) groups is 3. The van der Waals surface area contributed by atoms with Gasteiger partial charge in [-0.25, -0.2) is 9.59 Å². The first-order valence-corrected chi connectivity index (χ1v) is 11.5. The normalized spacial score (nSPS) is 14.0. The molecule has 0 unspecified atom stereocenters. The Hall–Kier alpha value is -3.65. The molecule has 0 spiro atoms. The highest BCUT2D eigenvalue weighted by atomic mass is 16.5. The zero-order valence-electron chi connectivity index (χ0n) is 20.5. The molecule has 35 heavy (non-hydrogen) atoms. The molecule has 8 nitrogen and oxygen atoms in total. The van der Waals surface area contributed by atoms with E-state index in [1.54, 1.807) is 20.8 Å². The van der Waals surface area contributed by atoms with E-state index in [0.717, 1.165) is 22.3 Å². The molecule has 2 aromatic rings. The molecule has 0 fully saturated rings. The van der Waals surface area contributed by atoms with Gasteiger partial charge in [0.15, 0.2) is 6.04 Å². The fourth-order valence-corrected chi connectivity index (χ4v) is 3.81. The van der Waals surface area contributed by atoms with E-state index in [4.69, 9.17) is 9.47 Å². The number of carbonyl (C=O) groups excluding carboxylic acids is 2. The van der Waals surface area contributed by atoms with Crippen molar-refractivity contribution in [1.29, 1.82) is 0 Å². The number of rotatable bonds is 9. The van der Waals surface area contributed by atoms with E-state index in [1.807, 2.05) is 36.4 Å². The molecule has 186 valence electrons. The number of nitrogens with one attached hydrogen (secondary N) is 2. The van der Waals surface area contributed by atoms with Crippen LogP contribution in [-0.4, -0.2) is 54.5 Å². The Morgan fingerprint density at radius 2 is 1.60 bits per heavy atom. The first-order valence-electron chi connectivity index (χ1n) is 11.5. The fraction of sp³-hybridized carbons (Fsp3) is 0.370. The number of benzene rings is 2. The van der Waals surface area contributed by atoms with Crippen LogP contribution in [0.1, 0.15) is 44.7 Å². The van der Waals surface area contributed by atoms with Crippen LogP contribution < -0.4 is 10.6 Å². The summed E-state index contributed by atoms with van der Waals surface area (Å²) in [4.78, 5) is 36.0. The lowest BCUT2D eigenvalue weighted by atomic mass is 9.98. The van der Waals surface area contributed by atoms with Crippen molar-refractivity contribution in [3.05, 3.63) is 71.3 Å². The lowest BCUT2D eigenvalue weighted by Crippen LogP contribution is -2.45. The second-order valence-electron chi connectivity index (χ2n) is 9.38. The number of carboxylic acid groups (broad SMARTS) is 1. The Kier molecular flexibility index (Phi) is 8.30. The molecule has 0 saturated carbocycles. The Labute approximate surface area is 205 Å². The largest absolute Gasteiger partial charge is 0.480 e. The third-order valence-electron chi connectivity index (χ3n) is 5.64. The van der Waals surface area contributed by atoms with Crippen molar-refractivity contribution >= 4 is 18.0 Å². The Morgan fingerprint density at radius 1 is 1.03 bits per heavy atom. The van der Waals surface area contributed by atoms with E-state index in [0.29, 0.717) is 0 Å². The molecule has 1 aliphatic rings. The summed E-state index contributed by atoms with van der Waals surface area (Å²) >= 11 is 0. The van der Waals surface area contributed by atoms with Gasteiger partial charge in [0.25, 0.3) is 0 Å². The van der Waals surface area contributed by atoms with Crippen LogP contribution in [0.4, 0.5) is 4.79 Å². The van der Waals surface area contributed by atoms with Gasteiger partial charge in [0.1, 0.15) is 6.61 Å². The van der Waals surface area contributed by atoms with Crippen LogP contribution in [0.15, 0.2) is 60.2 Å². The second kappa shape index (κ2) is 11.2. The summed E-state index contributed by atoms with van der Waals surface area (Å²) in [5.41, 5.74) is 4.28. The molecule has 0 aromatic heterocycles. The summed E-state index contributed by atoms with van der Waals surface area (Å²) in [5, 5.41) is 14.4. The van der Waals surface area contributed by atoms with E-state index >= 15 is 0 Å². The summed E-state index contributed by atoms with van der Waals surface area (Å²) in [7, 11) is 0. The smallest absolute Gasteiger partial charge is 0.407 e. The molecular weight excluding hydrogens is 448 g/mol. The van der Waals surface area contributed by atoms with Gasteiger partial charge in [-0.1, -0.05) is 54.6 Å². The van der Waals surface area contributed by atoms with Crippen LogP contribution in [0.3, 0.4) is 0 Å². The Bertz CT molecular complexity index is 1070. The van der Waals surface area contributed by atoms with Crippen LogP contribution in [0.2, 0.25) is 0 Å². The average molecular weight is 481 g/mol. The van der Waals surface area contributed by atoms with Gasteiger partial charge in [-0.3, -0.25) is 4.79 Å². The topological polar surface area (TPSA) is 114 Å². The van der Waals surface area contributed by atoms with E-state index in [9.17, 15) is 19.5 Å². The Morgan fingerprint density at radius 3 is 2.14 bits per heavy atom. The van der Waals surface area contributed by atoms with Crippen LogP contribution in [0.25, 0.3) is 11.1 Å². The molecule has 1 aliphatic carbocycles. The van der Waals surface area contributed by atoms with E-state index in [-0.39, 0.29) is 31.2 Å². The van der Waals surface area contributed by atoms with Crippen molar-refractivity contribution in [3.8, 4) is 11.1 Å². The van der Waals surface area contributed by atoms with Gasteiger partial charge in [-0.15, -0.1) is 0 Å². The molecule has 0 aliphatic heterocycles. The van der Waals surface area contributed by atoms with Gasteiger partial charge in [-0.2, -0.15) is 0 Å². The van der Waals surface area contributed by atoms with Crippen LogP contribution in [0.5, 0.6) is 0 Å². The molecule has 2 aromatic carbocycles. The molecule has 0 saturated heterocycles. The molecule has 8 heteroatoms. The van der Waals surface area contributed by atoms with Crippen molar-refractivity contribution < 1.29 is 29.0 Å². The van der Waals surface area contributed by atoms with E-state index in [2.05, 4.69) is 22.8 Å². The van der Waals surface area contributed by atoms with Gasteiger partial charge in [-0.05, 0) is 49.9 Å². The van der Waals surface area contributed by atoms with Crippen LogP contribution >= 0.6 is 0 Å². The summed E-state index contributed by atoms with van der Waals surface area (Å²) < 4.78 is 10.9. The maximum atomic E-state index is 12.3. The quantitative estimate of drug-likeness (QED) is 0.470. The summed E-state index contributed by atoms with van der Waals surface area (Å²) in [6.07, 6.45) is 0.902. The van der Waals surface area contributed by atoms with Gasteiger partial charge < -0.3 is 25.2 Å². The van der Waals surface area contributed by atoms with Crippen molar-refractivity contribution in [2.24, 2.45) is 0 Å². The molecule has 0 heterocycles. The molecule has 2 amide bonds. The van der Waals surface area contributed by atoms with Crippen molar-refractivity contribution in [3.63, 3.8) is 0 Å². The van der Waals surface area contributed by atoms with E-state index < -0.39 is 29.6 Å². The molecule has 0 radical (unpaired) electrons. The number of hydrogen-bond acceptors (Lipinski definition) is 5. The molecular formula is C27H32N2O6. The number of carboxylic acids is 1. The number of aliphatic carboxylic acids is 1. The summed E-state index contributed by atoms with van der Waals surface area (Å²) in [6, 6.07) is 15.0. The zero-order chi connectivity index (χ0) is 25.6. The first kappa shape index (κ1) is 26.0. The molecule has 3 rings (SSSR count). The monoisotopic (exact) mass is 480 g/mol. The SMILES string of the molecule is C/C(=C\CNC(=O)OCC1c2ccccc2-c2ccccc21)C(=O)N[C@@H](COC(C)(C)C)C(=O)O. The number of alkyl carbamates (subject to hydrolysis) is 1. The lowest BCUT2D eigenvalue weighted by Gasteiger charge is -2.23. The van der Waals surface area contributed by atoms with Gasteiger partial charge in [0, 0.05) is 18.0 Å². The lowest BCUT2D eigenvalue weighted by molar-refractivity contribution is -0.144. The maximum absolute atomic E-state index is 12.3. The predicted molar refractivity (Wildman–Crippen MR) is 132 cm³/mol. The molecule has 3 N–H and O–H groups in total. The minimum atomic E-state index is -1.19. The molecule has 1 atom stereocenters. The van der Waals surface area contributed by atoms with Crippen molar-refractivity contribution in [1.82, 2.24) is 10.6 Å². The predicted octanol–water partition coefficient (Wildman–Crippen LogP) is 3.86. The van der Waals surface area contributed by atoms with Crippen LogP contribution in [0, 0.1) is 0 Å². The average Bonchev–Trinajstić information content (AvgIpc) is 3.13. The van der Waals surface area contributed by atoms with Crippen molar-refractivity contribution in [2.45, 2.75) is 45.3 Å². The van der Waals surface area contributed by atoms with Gasteiger partial charge in [0.2, 0.25) is 5.91 Å². The maximum Gasteiger partial charge on any atom is 0.407 e. The summed E-state index contributed by atoms with van der Waals surface area (Å²) in [6.45, 7) is 7.03. The molecule has 0 bridgehead atoms. The second-order valence-corrected chi connectivity index (χ2v) is 9.38. The minimum Gasteiger partial charge on any atom is -0.480 e. The number of fused-ring (bicyclic) bond motifs is 3. The fourth-order valence-electron chi connectivity index (χ4n) is 3.81. The highest BCUT2D eigenvalue weighted by Crippen LogP contribution is 2.44. The standard InChI is InChI=1S/C27H32N2O6/c1-17(24(30)29-23(25(31)32)16-35-27(2,3)4)13-14-28-26(33)34-15-22-20-11-7-5-9-18(20)19-10-6-8-12-21(19)22/h5-13,22-23H,14-16H2,1-4H3,(H,28,33)(H,29,30)(H,31,32)/b17-13+/t23-/m0/s1. The highest BCUT2D eigenvalue weighted by molar-refractivity contribution is 5.95. The third-order valence-corrected chi connectivity index (χ3v) is 5.64. The Balaban J connectivity index is 1.49. The first-order chi connectivity index (χ1) is 16.6. The van der Waals surface area contributed by atoms with Gasteiger partial charge in [0.05, 0.1) is 12.2 Å². The van der Waals surface area contributed by atoms with E-state index in [1.165, 1.54) is 13.0 Å². The highest BCUT2D eigenvalue weighted by Gasteiger charge is 2.29. The minimum absolute atomic E-state index is 0.0422.